The predicted octanol–water partition coefficient (Wildman–Crippen LogP) is 2.98. The molecule has 1 aromatic rings. The molecule has 118 valence electrons. The van der Waals surface area contributed by atoms with Crippen molar-refractivity contribution in [3.8, 4) is 0 Å². The third kappa shape index (κ3) is 4.53. The van der Waals surface area contributed by atoms with Crippen LogP contribution in [-0.2, 0) is 4.74 Å². The van der Waals surface area contributed by atoms with Gasteiger partial charge in [0.1, 0.15) is 0 Å². The smallest absolute Gasteiger partial charge is 0.0594 e. The highest BCUT2D eigenvalue weighted by molar-refractivity contribution is 5.38. The Kier molecular flexibility index (Phi) is 5.80. The van der Waals surface area contributed by atoms with Gasteiger partial charge in [-0.3, -0.25) is 4.90 Å². The largest absolute Gasteiger partial charge is 0.379 e. The van der Waals surface area contributed by atoms with E-state index < -0.39 is 0 Å². The molecule has 0 aliphatic carbocycles. The van der Waals surface area contributed by atoms with E-state index in [0.29, 0.717) is 12.1 Å². The summed E-state index contributed by atoms with van der Waals surface area (Å²) in [6.07, 6.45) is 0. The quantitative estimate of drug-likeness (QED) is 0.902. The second-order valence-corrected chi connectivity index (χ2v) is 6.50. The van der Waals surface area contributed by atoms with E-state index in [1.807, 2.05) is 0 Å². The first kappa shape index (κ1) is 16.5. The van der Waals surface area contributed by atoms with E-state index in [1.165, 1.54) is 22.3 Å². The molecule has 0 aromatic heterocycles. The summed E-state index contributed by atoms with van der Waals surface area (Å²) in [7, 11) is 0. The number of morpholine rings is 1. The van der Waals surface area contributed by atoms with Gasteiger partial charge >= 0.3 is 0 Å². The van der Waals surface area contributed by atoms with E-state index in [2.05, 4.69) is 57.0 Å². The zero-order valence-corrected chi connectivity index (χ0v) is 14.2. The van der Waals surface area contributed by atoms with Gasteiger partial charge in [0.05, 0.1) is 13.2 Å². The maximum Gasteiger partial charge on any atom is 0.0594 e. The maximum absolute atomic E-state index is 5.41. The number of ether oxygens (including phenoxy) is 1. The van der Waals surface area contributed by atoms with Gasteiger partial charge < -0.3 is 10.1 Å². The Morgan fingerprint density at radius 1 is 1.05 bits per heavy atom. The Labute approximate surface area is 129 Å². The molecule has 3 nitrogen and oxygen atoms in total. The molecule has 1 heterocycles. The third-order valence-corrected chi connectivity index (χ3v) is 4.52. The fourth-order valence-corrected chi connectivity index (χ4v) is 3.19. The minimum absolute atomic E-state index is 0.389. The fraction of sp³-hybridized carbons (Fsp3) is 0.667. The Morgan fingerprint density at radius 3 is 2.33 bits per heavy atom. The van der Waals surface area contributed by atoms with Crippen LogP contribution < -0.4 is 5.32 Å². The lowest BCUT2D eigenvalue weighted by molar-refractivity contribution is 0.0339. The molecular weight excluding hydrogens is 260 g/mol. The third-order valence-electron chi connectivity index (χ3n) is 4.52. The van der Waals surface area contributed by atoms with Crippen LogP contribution in [0.2, 0.25) is 0 Å². The number of nitrogens with one attached hydrogen (secondary N) is 1. The Bertz CT molecular complexity index is 467. The van der Waals surface area contributed by atoms with Crippen LogP contribution in [0.1, 0.15) is 42.1 Å². The molecule has 0 radical (unpaired) electrons. The normalized spacial score (nSPS) is 19.5. The molecule has 0 amide bonds. The van der Waals surface area contributed by atoms with Crippen molar-refractivity contribution >= 4 is 0 Å². The van der Waals surface area contributed by atoms with Gasteiger partial charge in [0.15, 0.2) is 0 Å². The molecule has 1 N–H and O–H groups in total. The van der Waals surface area contributed by atoms with Gasteiger partial charge in [-0.1, -0.05) is 12.1 Å². The molecule has 1 aliphatic rings. The molecule has 2 unspecified atom stereocenters. The maximum atomic E-state index is 5.41. The molecule has 1 fully saturated rings. The predicted molar refractivity (Wildman–Crippen MR) is 88.9 cm³/mol. The molecular formula is C18H30N2O. The van der Waals surface area contributed by atoms with Crippen molar-refractivity contribution < 1.29 is 4.74 Å². The van der Waals surface area contributed by atoms with Crippen molar-refractivity contribution in [1.82, 2.24) is 10.2 Å². The van der Waals surface area contributed by atoms with Crippen LogP contribution in [0.3, 0.4) is 0 Å². The number of benzene rings is 1. The van der Waals surface area contributed by atoms with Crippen molar-refractivity contribution in [2.75, 3.05) is 32.8 Å². The Morgan fingerprint density at radius 2 is 1.67 bits per heavy atom. The lowest BCUT2D eigenvalue weighted by Crippen LogP contribution is -2.45. The lowest BCUT2D eigenvalue weighted by atomic mass is 9.96. The molecule has 0 spiro atoms. The van der Waals surface area contributed by atoms with Crippen molar-refractivity contribution in [1.29, 1.82) is 0 Å². The lowest BCUT2D eigenvalue weighted by Gasteiger charge is -2.31. The van der Waals surface area contributed by atoms with E-state index in [-0.39, 0.29) is 0 Å². The highest BCUT2D eigenvalue weighted by Crippen LogP contribution is 2.22. The first-order valence-electron chi connectivity index (χ1n) is 8.11. The molecule has 3 heteroatoms. The van der Waals surface area contributed by atoms with Gasteiger partial charge in [0, 0.05) is 31.7 Å². The summed E-state index contributed by atoms with van der Waals surface area (Å²) in [4.78, 5) is 2.49. The summed E-state index contributed by atoms with van der Waals surface area (Å²) in [5.41, 5.74) is 5.57. The molecule has 0 bridgehead atoms. The van der Waals surface area contributed by atoms with E-state index in [4.69, 9.17) is 4.74 Å². The molecule has 2 atom stereocenters. The standard InChI is InChI=1S/C18H30N2O/c1-13-10-15(3)18(11-14(13)2)17(5)19-16(4)12-20-6-8-21-9-7-20/h10-11,16-17,19H,6-9,12H2,1-5H3. The monoisotopic (exact) mass is 290 g/mol. The first-order chi connectivity index (χ1) is 9.97. The van der Waals surface area contributed by atoms with Crippen LogP contribution in [-0.4, -0.2) is 43.8 Å². The average Bonchev–Trinajstić information content (AvgIpc) is 2.43. The average molecular weight is 290 g/mol. The second-order valence-electron chi connectivity index (χ2n) is 6.50. The van der Waals surface area contributed by atoms with Gasteiger partial charge in [-0.2, -0.15) is 0 Å². The van der Waals surface area contributed by atoms with Gasteiger partial charge in [-0.05, 0) is 56.9 Å². The summed E-state index contributed by atoms with van der Waals surface area (Å²) in [5.74, 6) is 0. The van der Waals surface area contributed by atoms with Crippen molar-refractivity contribution in [2.24, 2.45) is 0 Å². The molecule has 1 aromatic carbocycles. The van der Waals surface area contributed by atoms with Crippen LogP contribution in [0, 0.1) is 20.8 Å². The molecule has 1 aliphatic heterocycles. The number of nitrogens with zero attached hydrogens (tertiary/aromatic N) is 1. The SMILES string of the molecule is Cc1cc(C)c(C(C)NC(C)CN2CCOCC2)cc1C. The van der Waals surface area contributed by atoms with E-state index in [0.717, 1.165) is 32.8 Å². The second kappa shape index (κ2) is 7.39. The molecule has 2 rings (SSSR count). The summed E-state index contributed by atoms with van der Waals surface area (Å²) >= 11 is 0. The number of hydrogen-bond donors (Lipinski definition) is 1. The van der Waals surface area contributed by atoms with Crippen molar-refractivity contribution in [3.05, 3.63) is 34.4 Å². The van der Waals surface area contributed by atoms with Crippen LogP contribution in [0.15, 0.2) is 12.1 Å². The minimum atomic E-state index is 0.389. The van der Waals surface area contributed by atoms with Crippen LogP contribution in [0.4, 0.5) is 0 Å². The van der Waals surface area contributed by atoms with E-state index in [1.54, 1.807) is 0 Å². The van der Waals surface area contributed by atoms with Crippen LogP contribution in [0.5, 0.6) is 0 Å². The topological polar surface area (TPSA) is 24.5 Å². The summed E-state index contributed by atoms with van der Waals surface area (Å²) in [6.45, 7) is 16.1. The van der Waals surface area contributed by atoms with Crippen molar-refractivity contribution in [2.45, 2.75) is 46.7 Å². The van der Waals surface area contributed by atoms with Crippen LogP contribution in [0.25, 0.3) is 0 Å². The summed E-state index contributed by atoms with van der Waals surface area (Å²) in [6, 6.07) is 5.51. The van der Waals surface area contributed by atoms with Gasteiger partial charge in [-0.25, -0.2) is 0 Å². The highest BCUT2D eigenvalue weighted by Gasteiger charge is 2.16. The number of hydrogen-bond acceptors (Lipinski definition) is 3. The first-order valence-corrected chi connectivity index (χ1v) is 8.11. The Hall–Kier alpha value is -0.900. The fourth-order valence-electron chi connectivity index (χ4n) is 3.19. The van der Waals surface area contributed by atoms with Gasteiger partial charge in [-0.15, -0.1) is 0 Å². The van der Waals surface area contributed by atoms with Crippen LogP contribution >= 0.6 is 0 Å². The molecule has 1 saturated heterocycles. The highest BCUT2D eigenvalue weighted by atomic mass is 16.5. The molecule has 0 saturated carbocycles. The minimum Gasteiger partial charge on any atom is -0.379 e. The van der Waals surface area contributed by atoms with Gasteiger partial charge in [0.25, 0.3) is 0 Å². The summed E-state index contributed by atoms with van der Waals surface area (Å²) < 4.78 is 5.41. The number of rotatable bonds is 5. The Balaban J connectivity index is 1.93. The zero-order chi connectivity index (χ0) is 15.4. The van der Waals surface area contributed by atoms with Gasteiger partial charge in [0.2, 0.25) is 0 Å². The zero-order valence-electron chi connectivity index (χ0n) is 14.2. The van der Waals surface area contributed by atoms with E-state index in [9.17, 15) is 0 Å². The van der Waals surface area contributed by atoms with Crippen molar-refractivity contribution in [3.63, 3.8) is 0 Å². The molecule has 21 heavy (non-hydrogen) atoms. The number of aryl methyl sites for hydroxylation is 3. The van der Waals surface area contributed by atoms with E-state index >= 15 is 0 Å². The summed E-state index contributed by atoms with van der Waals surface area (Å²) in [5, 5.41) is 3.75.